The molecule has 0 unspecified atom stereocenters. The van der Waals surface area contributed by atoms with Gasteiger partial charge in [0.2, 0.25) is 5.82 Å². The standard InChI is InChI=1S/C24H19F3N4O2S/c25-24(26,27)17-7-4-8-18(15-17)30-11-13-31(14-12-30)23(32)20-10-9-19(34-20)21-28-22(33-29-21)16-5-2-1-3-6-16/h1-10,15H,11-14H2. The Bertz CT molecular complexity index is 1290. The van der Waals surface area contributed by atoms with Crippen LogP contribution in [0.25, 0.3) is 22.2 Å². The third-order valence-corrected chi connectivity index (χ3v) is 6.66. The highest BCUT2D eigenvalue weighted by Gasteiger charge is 2.31. The van der Waals surface area contributed by atoms with Crippen molar-refractivity contribution in [3.8, 4) is 22.2 Å². The van der Waals surface area contributed by atoms with Crippen LogP contribution in [0.15, 0.2) is 71.3 Å². The Morgan fingerprint density at radius 3 is 2.44 bits per heavy atom. The van der Waals surface area contributed by atoms with Crippen LogP contribution in [0.2, 0.25) is 0 Å². The molecule has 0 bridgehead atoms. The number of carbonyl (C=O) groups excluding carboxylic acids is 1. The van der Waals surface area contributed by atoms with E-state index in [2.05, 4.69) is 10.1 Å². The molecular formula is C24H19F3N4O2S. The summed E-state index contributed by atoms with van der Waals surface area (Å²) in [5.74, 6) is 0.701. The molecular weight excluding hydrogens is 465 g/mol. The molecule has 1 fully saturated rings. The molecule has 1 amide bonds. The van der Waals surface area contributed by atoms with Crippen LogP contribution in [0.3, 0.4) is 0 Å². The van der Waals surface area contributed by atoms with Crippen LogP contribution in [-0.2, 0) is 6.18 Å². The molecule has 0 saturated carbocycles. The van der Waals surface area contributed by atoms with Gasteiger partial charge in [-0.05, 0) is 42.5 Å². The van der Waals surface area contributed by atoms with Gasteiger partial charge in [-0.2, -0.15) is 18.2 Å². The zero-order valence-corrected chi connectivity index (χ0v) is 18.6. The van der Waals surface area contributed by atoms with Crippen LogP contribution in [0.1, 0.15) is 15.2 Å². The average molecular weight is 485 g/mol. The lowest BCUT2D eigenvalue weighted by Crippen LogP contribution is -2.48. The fourth-order valence-corrected chi connectivity index (χ4v) is 4.70. The highest BCUT2D eigenvalue weighted by Crippen LogP contribution is 2.32. The van der Waals surface area contributed by atoms with E-state index in [4.69, 9.17) is 4.52 Å². The minimum atomic E-state index is -4.38. The van der Waals surface area contributed by atoms with E-state index >= 15 is 0 Å². The highest BCUT2D eigenvalue weighted by atomic mass is 32.1. The Labute approximate surface area is 197 Å². The molecule has 0 N–H and O–H groups in total. The molecule has 3 heterocycles. The third-order valence-electron chi connectivity index (χ3n) is 5.59. The summed E-state index contributed by atoms with van der Waals surface area (Å²) in [6, 6.07) is 18.2. The van der Waals surface area contributed by atoms with Gasteiger partial charge < -0.3 is 14.3 Å². The maximum atomic E-state index is 13.0. The van der Waals surface area contributed by atoms with Gasteiger partial charge in [0, 0.05) is 37.4 Å². The molecule has 0 aliphatic carbocycles. The van der Waals surface area contributed by atoms with E-state index in [1.807, 2.05) is 35.2 Å². The molecule has 0 spiro atoms. The van der Waals surface area contributed by atoms with Gasteiger partial charge in [-0.25, -0.2) is 0 Å². The second-order valence-electron chi connectivity index (χ2n) is 7.78. The number of alkyl halides is 3. The molecule has 0 atom stereocenters. The summed E-state index contributed by atoms with van der Waals surface area (Å²) in [6.45, 7) is 1.75. The Kier molecular flexibility index (Phi) is 5.82. The van der Waals surface area contributed by atoms with Gasteiger partial charge in [0.25, 0.3) is 11.8 Å². The number of benzene rings is 2. The Hall–Kier alpha value is -3.66. The smallest absolute Gasteiger partial charge is 0.368 e. The van der Waals surface area contributed by atoms with Crippen LogP contribution in [0.5, 0.6) is 0 Å². The van der Waals surface area contributed by atoms with Crippen molar-refractivity contribution in [3.05, 3.63) is 77.2 Å². The van der Waals surface area contributed by atoms with Gasteiger partial charge >= 0.3 is 6.18 Å². The van der Waals surface area contributed by atoms with E-state index in [1.165, 1.54) is 17.4 Å². The lowest BCUT2D eigenvalue weighted by molar-refractivity contribution is -0.137. The van der Waals surface area contributed by atoms with E-state index in [0.29, 0.717) is 48.5 Å². The minimum absolute atomic E-state index is 0.119. The molecule has 4 aromatic rings. The van der Waals surface area contributed by atoms with E-state index in [-0.39, 0.29) is 5.91 Å². The van der Waals surface area contributed by atoms with E-state index in [9.17, 15) is 18.0 Å². The number of rotatable bonds is 4. The molecule has 6 nitrogen and oxygen atoms in total. The van der Waals surface area contributed by atoms with Crippen LogP contribution in [0, 0.1) is 0 Å². The van der Waals surface area contributed by atoms with Crippen molar-refractivity contribution < 1.29 is 22.5 Å². The predicted molar refractivity (Wildman–Crippen MR) is 123 cm³/mol. The summed E-state index contributed by atoms with van der Waals surface area (Å²) in [4.78, 5) is 22.3. The van der Waals surface area contributed by atoms with E-state index < -0.39 is 11.7 Å². The Balaban J connectivity index is 1.24. The van der Waals surface area contributed by atoms with Crippen molar-refractivity contribution in [3.63, 3.8) is 0 Å². The molecule has 34 heavy (non-hydrogen) atoms. The molecule has 2 aromatic heterocycles. The Morgan fingerprint density at radius 2 is 1.71 bits per heavy atom. The van der Waals surface area contributed by atoms with Crippen LogP contribution >= 0.6 is 11.3 Å². The first-order valence-corrected chi connectivity index (χ1v) is 11.4. The summed E-state index contributed by atoms with van der Waals surface area (Å²) in [6.07, 6.45) is -4.38. The van der Waals surface area contributed by atoms with Crippen LogP contribution in [-0.4, -0.2) is 47.1 Å². The van der Waals surface area contributed by atoms with Gasteiger partial charge in [-0.3, -0.25) is 4.79 Å². The Morgan fingerprint density at radius 1 is 0.941 bits per heavy atom. The number of hydrogen-bond acceptors (Lipinski definition) is 6. The normalized spacial score (nSPS) is 14.4. The number of halogens is 3. The number of nitrogens with zero attached hydrogens (tertiary/aromatic N) is 4. The first kappa shape index (κ1) is 22.1. The topological polar surface area (TPSA) is 62.5 Å². The van der Waals surface area contributed by atoms with E-state index in [0.717, 1.165) is 22.6 Å². The summed E-state index contributed by atoms with van der Waals surface area (Å²) in [7, 11) is 0. The number of anilines is 1. The lowest BCUT2D eigenvalue weighted by Gasteiger charge is -2.36. The average Bonchev–Trinajstić information content (AvgIpc) is 3.54. The SMILES string of the molecule is O=C(c1ccc(-c2noc(-c3ccccc3)n2)s1)N1CCN(c2cccc(C(F)(F)F)c2)CC1. The van der Waals surface area contributed by atoms with Crippen LogP contribution in [0.4, 0.5) is 18.9 Å². The zero-order chi connectivity index (χ0) is 23.7. The van der Waals surface area contributed by atoms with Crippen molar-refractivity contribution in [1.82, 2.24) is 15.0 Å². The maximum Gasteiger partial charge on any atom is 0.416 e. The fraction of sp³-hybridized carbons (Fsp3) is 0.208. The maximum absolute atomic E-state index is 13.0. The molecule has 1 aliphatic heterocycles. The summed E-state index contributed by atoms with van der Waals surface area (Å²) < 4.78 is 44.4. The van der Waals surface area contributed by atoms with Gasteiger partial charge in [-0.1, -0.05) is 29.4 Å². The lowest BCUT2D eigenvalue weighted by atomic mass is 10.1. The predicted octanol–water partition coefficient (Wildman–Crippen LogP) is 5.45. The summed E-state index contributed by atoms with van der Waals surface area (Å²) >= 11 is 1.28. The second kappa shape index (κ2) is 8.94. The first-order valence-electron chi connectivity index (χ1n) is 10.6. The van der Waals surface area contributed by atoms with Crippen molar-refractivity contribution in [2.75, 3.05) is 31.1 Å². The zero-order valence-electron chi connectivity index (χ0n) is 17.8. The largest absolute Gasteiger partial charge is 0.416 e. The van der Waals surface area contributed by atoms with E-state index in [1.54, 1.807) is 23.1 Å². The van der Waals surface area contributed by atoms with Gasteiger partial charge in [0.05, 0.1) is 15.3 Å². The van der Waals surface area contributed by atoms with Gasteiger partial charge in [0.1, 0.15) is 0 Å². The molecule has 2 aromatic carbocycles. The van der Waals surface area contributed by atoms with Crippen molar-refractivity contribution in [2.24, 2.45) is 0 Å². The first-order chi connectivity index (χ1) is 16.4. The monoisotopic (exact) mass is 484 g/mol. The van der Waals surface area contributed by atoms with Crippen molar-refractivity contribution in [1.29, 1.82) is 0 Å². The van der Waals surface area contributed by atoms with Crippen molar-refractivity contribution in [2.45, 2.75) is 6.18 Å². The number of piperazine rings is 1. The number of hydrogen-bond donors (Lipinski definition) is 0. The third kappa shape index (κ3) is 4.54. The quantitative estimate of drug-likeness (QED) is 0.386. The molecule has 10 heteroatoms. The summed E-state index contributed by atoms with van der Waals surface area (Å²) in [5.41, 5.74) is 0.644. The van der Waals surface area contributed by atoms with Gasteiger partial charge in [-0.15, -0.1) is 11.3 Å². The highest BCUT2D eigenvalue weighted by molar-refractivity contribution is 7.17. The number of thiophene rings is 1. The van der Waals surface area contributed by atoms with Gasteiger partial charge in [0.15, 0.2) is 0 Å². The number of amides is 1. The molecule has 1 saturated heterocycles. The fourth-order valence-electron chi connectivity index (χ4n) is 3.80. The molecule has 0 radical (unpaired) electrons. The minimum Gasteiger partial charge on any atom is -0.368 e. The second-order valence-corrected chi connectivity index (χ2v) is 8.86. The molecule has 1 aliphatic rings. The number of aromatic nitrogens is 2. The van der Waals surface area contributed by atoms with Crippen molar-refractivity contribution >= 4 is 22.9 Å². The van der Waals surface area contributed by atoms with Crippen LogP contribution < -0.4 is 4.90 Å². The molecule has 174 valence electrons. The summed E-state index contributed by atoms with van der Waals surface area (Å²) in [5, 5.41) is 4.03. The number of carbonyl (C=O) groups is 1. The molecule has 5 rings (SSSR count).